The molecule has 2 rings (SSSR count). The molecule has 106 valence electrons. The summed E-state index contributed by atoms with van der Waals surface area (Å²) >= 11 is 0. The number of rotatable bonds is 5. The van der Waals surface area contributed by atoms with E-state index in [1.165, 1.54) is 0 Å². The average molecular weight is 271 g/mol. The molecule has 0 bridgehead atoms. The van der Waals surface area contributed by atoms with Gasteiger partial charge in [-0.25, -0.2) is 4.68 Å². The van der Waals surface area contributed by atoms with Gasteiger partial charge in [0.2, 0.25) is 5.91 Å². The Kier molecular flexibility index (Phi) is 4.56. The van der Waals surface area contributed by atoms with Crippen LogP contribution in [0.1, 0.15) is 37.4 Å². The number of nitrogens with zero attached hydrogens (tertiary/aromatic N) is 2. The molecule has 0 saturated heterocycles. The molecule has 0 aliphatic heterocycles. The number of carbonyl (C=O) groups is 1. The summed E-state index contributed by atoms with van der Waals surface area (Å²) in [6.45, 7) is 6.71. The van der Waals surface area contributed by atoms with Crippen molar-refractivity contribution in [2.75, 3.05) is 5.32 Å². The van der Waals surface area contributed by atoms with Crippen molar-refractivity contribution in [1.29, 1.82) is 0 Å². The van der Waals surface area contributed by atoms with E-state index in [1.807, 2.05) is 61.9 Å². The Morgan fingerprint density at radius 3 is 2.60 bits per heavy atom. The molecule has 0 spiro atoms. The molecule has 1 N–H and O–H groups in total. The van der Waals surface area contributed by atoms with Gasteiger partial charge in [0.05, 0.1) is 11.6 Å². The zero-order chi connectivity index (χ0) is 14.5. The molecule has 20 heavy (non-hydrogen) atoms. The van der Waals surface area contributed by atoms with Gasteiger partial charge in [-0.15, -0.1) is 0 Å². The number of amides is 1. The van der Waals surface area contributed by atoms with Crippen LogP contribution in [0.25, 0.3) is 0 Å². The van der Waals surface area contributed by atoms with Gasteiger partial charge in [0.15, 0.2) is 0 Å². The van der Waals surface area contributed by atoms with E-state index >= 15 is 0 Å². The van der Waals surface area contributed by atoms with E-state index < -0.39 is 0 Å². The molecule has 1 amide bonds. The molecule has 0 saturated carbocycles. The topological polar surface area (TPSA) is 46.9 Å². The normalized spacial score (nSPS) is 12.2. The standard InChI is InChI=1S/C16H21N3O/c1-4-14(13-9-7-6-8-10-13)16(20)17-15-11-12(3)18-19(15)5-2/h6-11,14H,4-5H2,1-3H3,(H,17,20). The monoisotopic (exact) mass is 271 g/mol. The second-order valence-corrected chi connectivity index (χ2v) is 4.85. The number of nitrogens with one attached hydrogen (secondary N) is 1. The van der Waals surface area contributed by atoms with Crippen molar-refractivity contribution in [1.82, 2.24) is 9.78 Å². The van der Waals surface area contributed by atoms with Crippen LogP contribution in [0.15, 0.2) is 36.4 Å². The molecule has 1 aromatic heterocycles. The van der Waals surface area contributed by atoms with E-state index in [0.29, 0.717) is 0 Å². The van der Waals surface area contributed by atoms with Gasteiger partial charge in [0.25, 0.3) is 0 Å². The molecule has 1 unspecified atom stereocenters. The Morgan fingerprint density at radius 2 is 2.00 bits per heavy atom. The Labute approximate surface area is 119 Å². The first-order valence-electron chi connectivity index (χ1n) is 7.06. The van der Waals surface area contributed by atoms with Crippen LogP contribution < -0.4 is 5.32 Å². The molecule has 1 aromatic carbocycles. The van der Waals surface area contributed by atoms with Crippen LogP contribution in [0.4, 0.5) is 5.82 Å². The molecule has 4 heteroatoms. The number of hydrogen-bond acceptors (Lipinski definition) is 2. The first kappa shape index (κ1) is 14.3. The lowest BCUT2D eigenvalue weighted by atomic mass is 9.96. The van der Waals surface area contributed by atoms with Crippen molar-refractivity contribution < 1.29 is 4.79 Å². The number of hydrogen-bond donors (Lipinski definition) is 1. The van der Waals surface area contributed by atoms with Crippen LogP contribution in [0.5, 0.6) is 0 Å². The van der Waals surface area contributed by atoms with Gasteiger partial charge in [-0.2, -0.15) is 5.10 Å². The summed E-state index contributed by atoms with van der Waals surface area (Å²) in [5, 5.41) is 7.34. The Morgan fingerprint density at radius 1 is 1.30 bits per heavy atom. The Bertz CT molecular complexity index is 575. The largest absolute Gasteiger partial charge is 0.310 e. The van der Waals surface area contributed by atoms with Crippen molar-refractivity contribution in [2.24, 2.45) is 0 Å². The molecule has 4 nitrogen and oxygen atoms in total. The molecule has 0 aliphatic carbocycles. The van der Waals surface area contributed by atoms with Crippen molar-refractivity contribution in [3.8, 4) is 0 Å². The number of benzene rings is 1. The van der Waals surface area contributed by atoms with Crippen LogP contribution >= 0.6 is 0 Å². The fourth-order valence-electron chi connectivity index (χ4n) is 2.36. The summed E-state index contributed by atoms with van der Waals surface area (Å²) in [6, 6.07) is 11.8. The molecular weight excluding hydrogens is 250 g/mol. The van der Waals surface area contributed by atoms with Crippen molar-refractivity contribution in [2.45, 2.75) is 39.7 Å². The van der Waals surface area contributed by atoms with Gasteiger partial charge in [-0.1, -0.05) is 37.3 Å². The van der Waals surface area contributed by atoms with E-state index in [2.05, 4.69) is 10.4 Å². The average Bonchev–Trinajstić information content (AvgIpc) is 2.80. The third-order valence-corrected chi connectivity index (χ3v) is 3.38. The highest BCUT2D eigenvalue weighted by Gasteiger charge is 2.19. The molecule has 1 atom stereocenters. The smallest absolute Gasteiger partial charge is 0.233 e. The quantitative estimate of drug-likeness (QED) is 0.906. The fraction of sp³-hybridized carbons (Fsp3) is 0.375. The fourth-order valence-corrected chi connectivity index (χ4v) is 2.36. The lowest BCUT2D eigenvalue weighted by Gasteiger charge is -2.15. The SMILES string of the molecule is CCC(C(=O)Nc1cc(C)nn1CC)c1ccccc1. The van der Waals surface area contributed by atoms with Crippen LogP contribution in [-0.4, -0.2) is 15.7 Å². The van der Waals surface area contributed by atoms with Gasteiger partial charge in [0.1, 0.15) is 5.82 Å². The maximum absolute atomic E-state index is 12.5. The third kappa shape index (κ3) is 3.07. The van der Waals surface area contributed by atoms with E-state index in [4.69, 9.17) is 0 Å². The summed E-state index contributed by atoms with van der Waals surface area (Å²) in [5.41, 5.74) is 1.96. The lowest BCUT2D eigenvalue weighted by molar-refractivity contribution is -0.117. The minimum absolute atomic E-state index is 0.0216. The van der Waals surface area contributed by atoms with Crippen LogP contribution in [-0.2, 0) is 11.3 Å². The summed E-state index contributed by atoms with van der Waals surface area (Å²) in [7, 11) is 0. The van der Waals surface area contributed by atoms with E-state index in [9.17, 15) is 4.79 Å². The van der Waals surface area contributed by atoms with Crippen LogP contribution in [0, 0.1) is 6.92 Å². The third-order valence-electron chi connectivity index (χ3n) is 3.38. The molecule has 0 fully saturated rings. The minimum Gasteiger partial charge on any atom is -0.310 e. The summed E-state index contributed by atoms with van der Waals surface area (Å²) in [5.74, 6) is 0.661. The minimum atomic E-state index is -0.128. The first-order chi connectivity index (χ1) is 9.65. The number of aryl methyl sites for hydroxylation is 2. The predicted molar refractivity (Wildman–Crippen MR) is 80.7 cm³/mol. The zero-order valence-corrected chi connectivity index (χ0v) is 12.3. The zero-order valence-electron chi connectivity index (χ0n) is 12.3. The maximum Gasteiger partial charge on any atom is 0.233 e. The van der Waals surface area contributed by atoms with E-state index in [1.54, 1.807) is 0 Å². The van der Waals surface area contributed by atoms with Crippen molar-refractivity contribution >= 4 is 11.7 Å². The summed E-state index contributed by atoms with van der Waals surface area (Å²) in [6.07, 6.45) is 0.773. The molecule has 1 heterocycles. The second-order valence-electron chi connectivity index (χ2n) is 4.85. The first-order valence-corrected chi connectivity index (χ1v) is 7.06. The number of anilines is 1. The van der Waals surface area contributed by atoms with Crippen LogP contribution in [0.2, 0.25) is 0 Å². The van der Waals surface area contributed by atoms with E-state index in [-0.39, 0.29) is 11.8 Å². The highest BCUT2D eigenvalue weighted by molar-refractivity contribution is 5.95. The molecule has 0 aliphatic rings. The van der Waals surface area contributed by atoms with Gasteiger partial charge in [-0.3, -0.25) is 4.79 Å². The van der Waals surface area contributed by atoms with Crippen molar-refractivity contribution in [3.05, 3.63) is 47.7 Å². The second kappa shape index (κ2) is 6.37. The molecule has 0 radical (unpaired) electrons. The van der Waals surface area contributed by atoms with E-state index in [0.717, 1.165) is 30.0 Å². The Hall–Kier alpha value is -2.10. The highest BCUT2D eigenvalue weighted by atomic mass is 16.2. The van der Waals surface area contributed by atoms with Gasteiger partial charge < -0.3 is 5.32 Å². The molecular formula is C16H21N3O. The highest BCUT2D eigenvalue weighted by Crippen LogP contribution is 2.21. The molecule has 2 aromatic rings. The van der Waals surface area contributed by atoms with Gasteiger partial charge >= 0.3 is 0 Å². The lowest BCUT2D eigenvalue weighted by Crippen LogP contribution is -2.22. The van der Waals surface area contributed by atoms with Gasteiger partial charge in [0, 0.05) is 12.6 Å². The summed E-state index contributed by atoms with van der Waals surface area (Å²) < 4.78 is 1.81. The Balaban J connectivity index is 2.17. The predicted octanol–water partition coefficient (Wildman–Crippen LogP) is 3.34. The van der Waals surface area contributed by atoms with Crippen molar-refractivity contribution in [3.63, 3.8) is 0 Å². The summed E-state index contributed by atoms with van der Waals surface area (Å²) in [4.78, 5) is 12.5. The number of aromatic nitrogens is 2. The number of carbonyl (C=O) groups excluding carboxylic acids is 1. The van der Waals surface area contributed by atoms with Gasteiger partial charge in [-0.05, 0) is 25.8 Å². The maximum atomic E-state index is 12.5. The van der Waals surface area contributed by atoms with Crippen LogP contribution in [0.3, 0.4) is 0 Å².